The van der Waals surface area contributed by atoms with Gasteiger partial charge in [0.2, 0.25) is 0 Å². The Kier molecular flexibility index (Phi) is 6.83. The highest BCUT2D eigenvalue weighted by Gasteiger charge is 2.69. The van der Waals surface area contributed by atoms with Crippen molar-refractivity contribution in [3.8, 4) is 12.3 Å². The average molecular weight is 483 g/mol. The number of aliphatic hydroxyl groups excluding tert-OH is 1. The van der Waals surface area contributed by atoms with Gasteiger partial charge in [-0.2, -0.15) is 10.2 Å². The zero-order valence-electron chi connectivity index (χ0n) is 22.2. The molecule has 3 unspecified atom stereocenters. The topological polar surface area (TPSA) is 71.2 Å². The normalized spacial score (nSPS) is 43.5. The van der Waals surface area contributed by atoms with Crippen LogP contribution >= 0.6 is 0 Å². The van der Waals surface area contributed by atoms with Crippen LogP contribution in [-0.2, 0) is 9.53 Å². The number of esters is 1. The number of terminal acetylenes is 1. The van der Waals surface area contributed by atoms with Crippen LogP contribution in [0.2, 0.25) is 0 Å². The van der Waals surface area contributed by atoms with Gasteiger partial charge in [-0.05, 0) is 105 Å². The standard InChI is InChI=1S/C30H46N2O3/c1-5-6-7-8-17-35-27(34)12-9-20(2)23-10-11-24-22-19-30(31-32-30)26-18-21(33)13-15-29(26,4)25(22)14-16-28(23,24)3/h1,20-26,33H,6-19H2,2-4H3/t20-,21-,22?,23-,24?,25?,26+,28-,29-/m1/s1. The van der Waals surface area contributed by atoms with E-state index in [2.05, 4.69) is 36.9 Å². The molecule has 4 fully saturated rings. The fourth-order valence-electron chi connectivity index (χ4n) is 9.75. The van der Waals surface area contributed by atoms with Crippen LogP contribution in [0.3, 0.4) is 0 Å². The van der Waals surface area contributed by atoms with Gasteiger partial charge in [0, 0.05) is 25.2 Å². The van der Waals surface area contributed by atoms with E-state index < -0.39 is 0 Å². The molecule has 1 N–H and O–H groups in total. The van der Waals surface area contributed by atoms with Gasteiger partial charge in [-0.3, -0.25) is 4.79 Å². The summed E-state index contributed by atoms with van der Waals surface area (Å²) in [5.74, 6) is 6.42. The maximum absolute atomic E-state index is 12.3. The Morgan fingerprint density at radius 2 is 1.86 bits per heavy atom. The van der Waals surface area contributed by atoms with Gasteiger partial charge in [-0.25, -0.2) is 0 Å². The maximum Gasteiger partial charge on any atom is 0.305 e. The van der Waals surface area contributed by atoms with Crippen LogP contribution in [0, 0.1) is 58.7 Å². The summed E-state index contributed by atoms with van der Waals surface area (Å²) in [4.78, 5) is 12.3. The van der Waals surface area contributed by atoms with Crippen LogP contribution in [0.4, 0.5) is 0 Å². The molecule has 0 saturated heterocycles. The van der Waals surface area contributed by atoms with Gasteiger partial charge in [0.25, 0.3) is 0 Å². The van der Waals surface area contributed by atoms with Crippen LogP contribution in [0.25, 0.3) is 0 Å². The summed E-state index contributed by atoms with van der Waals surface area (Å²) in [5, 5.41) is 19.8. The highest BCUT2D eigenvalue weighted by Crippen LogP contribution is 2.72. The predicted molar refractivity (Wildman–Crippen MR) is 136 cm³/mol. The lowest BCUT2D eigenvalue weighted by Gasteiger charge is -2.62. The molecule has 194 valence electrons. The highest BCUT2D eigenvalue weighted by atomic mass is 16.5. The highest BCUT2D eigenvalue weighted by molar-refractivity contribution is 5.69. The number of rotatable bonds is 8. The molecular formula is C30H46N2O3. The number of carbonyl (C=O) groups is 1. The van der Waals surface area contributed by atoms with E-state index in [1.54, 1.807) is 0 Å². The summed E-state index contributed by atoms with van der Waals surface area (Å²) in [6, 6.07) is 0. The molecule has 35 heavy (non-hydrogen) atoms. The Morgan fingerprint density at radius 3 is 2.60 bits per heavy atom. The van der Waals surface area contributed by atoms with Gasteiger partial charge in [0.1, 0.15) is 0 Å². The lowest BCUT2D eigenvalue weighted by atomic mass is 9.42. The zero-order chi connectivity index (χ0) is 24.8. The van der Waals surface area contributed by atoms with Gasteiger partial charge < -0.3 is 9.84 Å². The first-order valence-electron chi connectivity index (χ1n) is 14.4. The molecule has 1 aliphatic heterocycles. The van der Waals surface area contributed by atoms with Gasteiger partial charge >= 0.3 is 5.97 Å². The second-order valence-corrected chi connectivity index (χ2v) is 13.3. The molecule has 5 aliphatic rings. The van der Waals surface area contributed by atoms with Gasteiger partial charge in [-0.15, -0.1) is 12.3 Å². The fraction of sp³-hybridized carbons (Fsp3) is 0.900. The van der Waals surface area contributed by atoms with Crippen molar-refractivity contribution >= 4 is 5.97 Å². The molecule has 4 aliphatic carbocycles. The fourth-order valence-corrected chi connectivity index (χ4v) is 9.75. The Hall–Kier alpha value is -1.41. The van der Waals surface area contributed by atoms with E-state index in [1.807, 2.05) is 0 Å². The summed E-state index contributed by atoms with van der Waals surface area (Å²) >= 11 is 0. The lowest BCUT2D eigenvalue weighted by molar-refractivity contribution is -0.147. The van der Waals surface area contributed by atoms with Gasteiger partial charge in [0.15, 0.2) is 5.66 Å². The van der Waals surface area contributed by atoms with Crippen molar-refractivity contribution in [3.63, 3.8) is 0 Å². The van der Waals surface area contributed by atoms with Gasteiger partial charge in [-0.1, -0.05) is 20.8 Å². The zero-order valence-corrected chi connectivity index (χ0v) is 22.2. The molecule has 0 bridgehead atoms. The molecule has 5 nitrogen and oxygen atoms in total. The Labute approximate surface area is 212 Å². The van der Waals surface area contributed by atoms with Crippen molar-refractivity contribution in [3.05, 3.63) is 0 Å². The first-order chi connectivity index (χ1) is 16.7. The van der Waals surface area contributed by atoms with Crippen molar-refractivity contribution in [2.24, 2.45) is 56.6 Å². The van der Waals surface area contributed by atoms with E-state index in [4.69, 9.17) is 11.2 Å². The summed E-state index contributed by atoms with van der Waals surface area (Å²) in [6.07, 6.45) is 18.4. The van der Waals surface area contributed by atoms with Crippen molar-refractivity contribution in [2.45, 2.75) is 116 Å². The van der Waals surface area contributed by atoms with Crippen molar-refractivity contribution in [1.82, 2.24) is 0 Å². The van der Waals surface area contributed by atoms with Crippen molar-refractivity contribution in [1.29, 1.82) is 0 Å². The number of hydrogen-bond donors (Lipinski definition) is 1. The van der Waals surface area contributed by atoms with Crippen molar-refractivity contribution in [2.75, 3.05) is 6.61 Å². The minimum absolute atomic E-state index is 0.0504. The predicted octanol–water partition coefficient (Wildman–Crippen LogP) is 6.54. The molecule has 0 amide bonds. The number of carbonyl (C=O) groups excluding carboxylic acids is 1. The number of nitrogens with zero attached hydrogens (tertiary/aromatic N) is 2. The maximum atomic E-state index is 12.3. The minimum atomic E-state index is -0.191. The Balaban J connectivity index is 1.21. The molecule has 0 radical (unpaired) electrons. The first-order valence-corrected chi connectivity index (χ1v) is 14.4. The first kappa shape index (κ1) is 25.2. The summed E-state index contributed by atoms with van der Waals surface area (Å²) in [7, 11) is 0. The SMILES string of the molecule is C#CCCCCOC(=O)CC[C@@H](C)[C@H]1CCC2C3CC4(N=N4)[C@H]4C[C@H](O)CC[C@]4(C)C3CC[C@@]21C. The van der Waals surface area contributed by atoms with Crippen LogP contribution in [-0.4, -0.2) is 29.4 Å². The molecule has 1 spiro atoms. The number of hydrogen-bond acceptors (Lipinski definition) is 5. The molecule has 5 heteroatoms. The van der Waals surface area contributed by atoms with E-state index in [1.165, 1.54) is 25.7 Å². The summed E-state index contributed by atoms with van der Waals surface area (Å²) in [5.41, 5.74) is 0.428. The van der Waals surface area contributed by atoms with Crippen LogP contribution < -0.4 is 0 Å². The third-order valence-electron chi connectivity index (χ3n) is 11.6. The minimum Gasteiger partial charge on any atom is -0.466 e. The molecule has 4 saturated carbocycles. The number of aliphatic hydroxyl groups is 1. The van der Waals surface area contributed by atoms with E-state index in [0.29, 0.717) is 42.1 Å². The van der Waals surface area contributed by atoms with E-state index in [9.17, 15) is 9.90 Å². The molecule has 1 heterocycles. The van der Waals surface area contributed by atoms with E-state index >= 15 is 0 Å². The molecule has 5 rings (SSSR count). The monoisotopic (exact) mass is 482 g/mol. The van der Waals surface area contributed by atoms with Crippen LogP contribution in [0.5, 0.6) is 0 Å². The van der Waals surface area contributed by atoms with E-state index in [0.717, 1.165) is 63.2 Å². The number of unbranched alkanes of at least 4 members (excludes halogenated alkanes) is 2. The molecule has 0 aromatic heterocycles. The molecular weight excluding hydrogens is 436 g/mol. The lowest BCUT2D eigenvalue weighted by Crippen LogP contribution is -2.59. The van der Waals surface area contributed by atoms with Gasteiger partial charge in [0.05, 0.1) is 12.7 Å². The molecule has 0 aromatic rings. The second kappa shape index (κ2) is 9.47. The summed E-state index contributed by atoms with van der Waals surface area (Å²) < 4.78 is 5.46. The Morgan fingerprint density at radius 1 is 1.11 bits per heavy atom. The van der Waals surface area contributed by atoms with E-state index in [-0.39, 0.29) is 23.2 Å². The second-order valence-electron chi connectivity index (χ2n) is 13.3. The van der Waals surface area contributed by atoms with Crippen molar-refractivity contribution < 1.29 is 14.6 Å². The molecule has 0 aromatic carbocycles. The quantitative estimate of drug-likeness (QED) is 0.242. The number of fused-ring (bicyclic) bond motifs is 6. The number of ether oxygens (including phenoxy) is 1. The average Bonchev–Trinajstić information content (AvgIpc) is 3.50. The summed E-state index contributed by atoms with van der Waals surface area (Å²) in [6.45, 7) is 7.95. The van der Waals surface area contributed by atoms with Crippen LogP contribution in [0.15, 0.2) is 10.2 Å². The Bertz CT molecular complexity index is 873. The third-order valence-corrected chi connectivity index (χ3v) is 11.6. The van der Waals surface area contributed by atoms with Crippen LogP contribution in [0.1, 0.15) is 104 Å². The third kappa shape index (κ3) is 4.36. The molecule has 9 atom stereocenters. The largest absolute Gasteiger partial charge is 0.466 e. The smallest absolute Gasteiger partial charge is 0.305 e.